The van der Waals surface area contributed by atoms with Crippen LogP contribution in [0, 0.1) is 65.1 Å². The molecule has 5 rings (SSSR count). The van der Waals surface area contributed by atoms with Crippen LogP contribution in [0.15, 0.2) is 16.5 Å². The third kappa shape index (κ3) is 26.9. The highest BCUT2D eigenvalue weighted by Gasteiger charge is 2.43. The average Bonchev–Trinajstić information content (AvgIpc) is 4.18. The summed E-state index contributed by atoms with van der Waals surface area (Å²) >= 11 is 0. The minimum Gasteiger partial charge on any atom is -0.466 e. The Labute approximate surface area is 413 Å². The highest BCUT2D eigenvalue weighted by atomic mass is 16.6. The first-order valence-electron chi connectivity index (χ1n) is 27.6. The molecule has 16 atom stereocenters. The van der Waals surface area contributed by atoms with Crippen LogP contribution < -0.4 is 0 Å². The molecule has 0 spiro atoms. The zero-order chi connectivity index (χ0) is 49.6. The standard InChI is InChI=1S/C13H28O2.C12H26.C9H18O.C8H14O2.C8H16O.C8H12O.CH4/c1-6-11(3)8-14-9-12(4)10-15-13(5)7-2;1-7-9(3)11(5)12(6)10(4)8-2;1-6(2)9-8(4)7(3)5-10-9;1-5-3-9-8-6(2)4-10-7(5)8;2*1-3-7-5-6-8(4-2)9-7;/h11-13H,6-10H2,1-5H3;9-12H,7-8H2,1-6H3;6-9H,5H2,1-4H3;5-8H,3-4H2,1-2H3;7-8H,3-6H2,1-2H3;5-6H,3-4H2,1-2H3;1H4. The zero-order valence-corrected chi connectivity index (χ0v) is 47.1. The van der Waals surface area contributed by atoms with Crippen LogP contribution >= 0.6 is 0 Å². The molecule has 4 aliphatic heterocycles. The van der Waals surface area contributed by atoms with E-state index >= 15 is 0 Å². The number of ether oxygens (including phenoxy) is 6. The molecule has 66 heavy (non-hydrogen) atoms. The average molecular weight is 940 g/mol. The lowest BCUT2D eigenvalue weighted by Gasteiger charge is -2.29. The molecule has 4 fully saturated rings. The van der Waals surface area contributed by atoms with Crippen LogP contribution in [0.3, 0.4) is 0 Å². The van der Waals surface area contributed by atoms with Gasteiger partial charge in [-0.1, -0.05) is 165 Å². The minimum atomic E-state index is 0. The van der Waals surface area contributed by atoms with Crippen molar-refractivity contribution in [2.75, 3.05) is 39.6 Å². The Kier molecular flexibility index (Phi) is 39.4. The largest absolute Gasteiger partial charge is 0.466 e. The Bertz CT molecular complexity index is 1160. The van der Waals surface area contributed by atoms with E-state index in [2.05, 4.69) is 145 Å². The first-order valence-corrected chi connectivity index (χ1v) is 27.6. The van der Waals surface area contributed by atoms with Gasteiger partial charge in [0, 0.05) is 43.8 Å². The van der Waals surface area contributed by atoms with Gasteiger partial charge in [-0.15, -0.1) is 0 Å². The summed E-state index contributed by atoms with van der Waals surface area (Å²) in [6.07, 6.45) is 14.7. The van der Waals surface area contributed by atoms with Gasteiger partial charge >= 0.3 is 0 Å². The zero-order valence-electron chi connectivity index (χ0n) is 47.1. The maximum atomic E-state index is 5.66. The smallest absolute Gasteiger partial charge is 0.103 e. The Morgan fingerprint density at radius 3 is 1.29 bits per heavy atom. The molecule has 0 amide bonds. The first kappa shape index (κ1) is 67.1. The van der Waals surface area contributed by atoms with Gasteiger partial charge in [-0.2, -0.15) is 0 Å². The summed E-state index contributed by atoms with van der Waals surface area (Å²) in [6.45, 7) is 52.3. The van der Waals surface area contributed by atoms with E-state index in [0.29, 0.717) is 66.2 Å². The summed E-state index contributed by atoms with van der Waals surface area (Å²) in [5.74, 6) is 10.3. The molecule has 4 saturated heterocycles. The summed E-state index contributed by atoms with van der Waals surface area (Å²) in [7, 11) is 0. The van der Waals surface area contributed by atoms with E-state index < -0.39 is 0 Å². The Morgan fingerprint density at radius 1 is 0.545 bits per heavy atom. The van der Waals surface area contributed by atoms with Gasteiger partial charge in [-0.3, -0.25) is 0 Å². The van der Waals surface area contributed by atoms with Gasteiger partial charge in [0.15, 0.2) is 0 Å². The molecule has 0 radical (unpaired) electrons. The summed E-state index contributed by atoms with van der Waals surface area (Å²) in [6, 6.07) is 4.08. The van der Waals surface area contributed by atoms with Gasteiger partial charge in [-0.05, 0) is 98.5 Å². The number of hydrogen-bond acceptors (Lipinski definition) is 7. The van der Waals surface area contributed by atoms with Gasteiger partial charge in [-0.25, -0.2) is 0 Å². The third-order valence-electron chi connectivity index (χ3n) is 15.3. The van der Waals surface area contributed by atoms with Crippen molar-refractivity contribution in [3.63, 3.8) is 0 Å². The van der Waals surface area contributed by atoms with E-state index in [9.17, 15) is 0 Å². The molecule has 16 unspecified atom stereocenters. The van der Waals surface area contributed by atoms with Gasteiger partial charge in [0.2, 0.25) is 0 Å². The van der Waals surface area contributed by atoms with E-state index in [1.807, 2.05) is 12.1 Å². The van der Waals surface area contributed by atoms with Crippen molar-refractivity contribution in [2.24, 2.45) is 65.1 Å². The number of furan rings is 1. The van der Waals surface area contributed by atoms with Gasteiger partial charge in [0.05, 0.1) is 63.1 Å². The normalized spacial score (nSPS) is 28.4. The maximum absolute atomic E-state index is 5.66. The SMILES string of the molecule is C.CC(C)C1OCC(C)C1C.CC1COC2C(C)COC12.CCC(C)C(C)C(C)C(C)CC.CCC(C)COCC(C)COC(C)CC.CCC1CCC(CC)O1.CCc1ccc(CC)o1. The van der Waals surface area contributed by atoms with Crippen LogP contribution in [0.5, 0.6) is 0 Å². The molecular weight excluding hydrogens is 821 g/mol. The summed E-state index contributed by atoms with van der Waals surface area (Å²) in [4.78, 5) is 0. The predicted octanol–water partition coefficient (Wildman–Crippen LogP) is 16.6. The number of aryl methyl sites for hydroxylation is 2. The van der Waals surface area contributed by atoms with Gasteiger partial charge in [0.1, 0.15) is 11.5 Å². The van der Waals surface area contributed by atoms with E-state index in [1.165, 1.54) is 44.9 Å². The van der Waals surface area contributed by atoms with Gasteiger partial charge in [0.25, 0.3) is 0 Å². The van der Waals surface area contributed by atoms with Gasteiger partial charge < -0.3 is 32.8 Å². The Balaban J connectivity index is 0. The highest BCUT2D eigenvalue weighted by Crippen LogP contribution is 2.34. The van der Waals surface area contributed by atoms with Crippen LogP contribution in [0.4, 0.5) is 0 Å². The molecule has 1 aromatic rings. The molecule has 396 valence electrons. The monoisotopic (exact) mass is 939 g/mol. The molecular formula is C59H118O7. The van der Waals surface area contributed by atoms with Crippen molar-refractivity contribution in [3.05, 3.63) is 23.7 Å². The van der Waals surface area contributed by atoms with Crippen molar-refractivity contribution < 1.29 is 32.8 Å². The van der Waals surface area contributed by atoms with Crippen molar-refractivity contribution in [3.8, 4) is 0 Å². The molecule has 4 aliphatic rings. The van der Waals surface area contributed by atoms with Crippen molar-refractivity contribution in [1.29, 1.82) is 0 Å². The molecule has 0 N–H and O–H groups in total. The second-order valence-corrected chi connectivity index (χ2v) is 21.5. The minimum absolute atomic E-state index is 0. The fourth-order valence-electron chi connectivity index (χ4n) is 8.62. The van der Waals surface area contributed by atoms with Crippen molar-refractivity contribution in [1.82, 2.24) is 0 Å². The van der Waals surface area contributed by atoms with Crippen LogP contribution in [0.1, 0.15) is 216 Å². The number of rotatable bonds is 19. The quantitative estimate of drug-likeness (QED) is 0.137. The molecule has 0 saturated carbocycles. The lowest BCUT2D eigenvalue weighted by Crippen LogP contribution is -2.23. The van der Waals surface area contributed by atoms with Crippen molar-refractivity contribution >= 4 is 0 Å². The van der Waals surface area contributed by atoms with E-state index in [4.69, 9.17) is 32.8 Å². The lowest BCUT2D eigenvalue weighted by atomic mass is 9.77. The molecule has 1 aromatic heterocycles. The Hall–Kier alpha value is -0.960. The van der Waals surface area contributed by atoms with Crippen LogP contribution in [0.25, 0.3) is 0 Å². The predicted molar refractivity (Wildman–Crippen MR) is 286 cm³/mol. The molecule has 7 nitrogen and oxygen atoms in total. The fraction of sp³-hybridized carbons (Fsp3) is 0.932. The highest BCUT2D eigenvalue weighted by molar-refractivity contribution is 5.06. The van der Waals surface area contributed by atoms with E-state index in [0.717, 1.165) is 106 Å². The topological polar surface area (TPSA) is 68.5 Å². The third-order valence-corrected chi connectivity index (χ3v) is 15.3. The van der Waals surface area contributed by atoms with Crippen LogP contribution in [0.2, 0.25) is 0 Å². The Morgan fingerprint density at radius 2 is 0.985 bits per heavy atom. The fourth-order valence-corrected chi connectivity index (χ4v) is 8.62. The molecule has 0 bridgehead atoms. The summed E-state index contributed by atoms with van der Waals surface area (Å²) in [5.41, 5.74) is 0. The maximum Gasteiger partial charge on any atom is 0.103 e. The first-order chi connectivity index (χ1) is 30.8. The number of fused-ring (bicyclic) bond motifs is 1. The summed E-state index contributed by atoms with van der Waals surface area (Å²) in [5, 5.41) is 0. The summed E-state index contributed by atoms with van der Waals surface area (Å²) < 4.78 is 39.1. The number of hydrogen-bond donors (Lipinski definition) is 0. The second-order valence-electron chi connectivity index (χ2n) is 21.5. The molecule has 7 heteroatoms. The molecule has 0 aromatic carbocycles. The van der Waals surface area contributed by atoms with Crippen LogP contribution in [-0.2, 0) is 41.3 Å². The lowest BCUT2D eigenvalue weighted by molar-refractivity contribution is 0.00545. The molecule has 5 heterocycles. The molecule has 0 aliphatic carbocycles. The van der Waals surface area contributed by atoms with Crippen LogP contribution in [-0.4, -0.2) is 76.3 Å². The van der Waals surface area contributed by atoms with E-state index in [-0.39, 0.29) is 7.43 Å². The van der Waals surface area contributed by atoms with Crippen molar-refractivity contribution in [2.45, 2.75) is 254 Å². The second kappa shape index (κ2) is 38.8. The van der Waals surface area contributed by atoms with E-state index in [1.54, 1.807) is 0 Å².